The number of likely N-dealkylation sites (tertiary alicyclic amines) is 1. The van der Waals surface area contributed by atoms with Crippen LogP contribution in [-0.2, 0) is 6.42 Å². The highest BCUT2D eigenvalue weighted by Gasteiger charge is 2.15. The maximum absolute atomic E-state index is 5.91. The summed E-state index contributed by atoms with van der Waals surface area (Å²) in [5, 5.41) is 0. The second-order valence-electron chi connectivity index (χ2n) is 5.15. The van der Waals surface area contributed by atoms with E-state index in [2.05, 4.69) is 35.2 Å². The summed E-state index contributed by atoms with van der Waals surface area (Å²) in [6.07, 6.45) is 5.25. The second kappa shape index (κ2) is 6.77. The average molecular weight is 232 g/mol. The van der Waals surface area contributed by atoms with E-state index in [0.717, 1.165) is 13.0 Å². The molecule has 1 aliphatic heterocycles. The molecule has 0 radical (unpaired) electrons. The van der Waals surface area contributed by atoms with Crippen LogP contribution in [0.15, 0.2) is 30.3 Å². The number of benzene rings is 1. The SMILES string of the molecule is NCC(Cc1ccccc1)CN1CCCCC1. The first-order valence-corrected chi connectivity index (χ1v) is 6.85. The number of nitrogens with two attached hydrogens (primary N) is 1. The third-order valence-corrected chi connectivity index (χ3v) is 3.67. The van der Waals surface area contributed by atoms with Crippen molar-refractivity contribution in [2.45, 2.75) is 25.7 Å². The predicted octanol–water partition coefficient (Wildman–Crippen LogP) is 2.29. The fraction of sp³-hybridized carbons (Fsp3) is 0.600. The van der Waals surface area contributed by atoms with Crippen LogP contribution in [0.1, 0.15) is 24.8 Å². The van der Waals surface area contributed by atoms with Gasteiger partial charge in [-0.15, -0.1) is 0 Å². The molecule has 1 aromatic rings. The van der Waals surface area contributed by atoms with Gasteiger partial charge in [0.1, 0.15) is 0 Å². The molecule has 94 valence electrons. The molecule has 1 heterocycles. The summed E-state index contributed by atoms with van der Waals surface area (Å²) in [5.74, 6) is 0.607. The van der Waals surface area contributed by atoms with E-state index in [1.165, 1.54) is 44.5 Å². The Labute approximate surface area is 105 Å². The smallest absolute Gasteiger partial charge is 0.00249 e. The van der Waals surface area contributed by atoms with Crippen molar-refractivity contribution in [2.24, 2.45) is 11.7 Å². The Morgan fingerprint density at radius 3 is 2.41 bits per heavy atom. The van der Waals surface area contributed by atoms with E-state index < -0.39 is 0 Å². The van der Waals surface area contributed by atoms with E-state index in [9.17, 15) is 0 Å². The van der Waals surface area contributed by atoms with Crippen LogP contribution in [0.4, 0.5) is 0 Å². The Bertz CT molecular complexity index is 304. The molecule has 1 aromatic carbocycles. The number of nitrogens with zero attached hydrogens (tertiary/aromatic N) is 1. The summed E-state index contributed by atoms with van der Waals surface area (Å²) in [6, 6.07) is 10.7. The third kappa shape index (κ3) is 4.14. The van der Waals surface area contributed by atoms with Gasteiger partial charge in [-0.3, -0.25) is 0 Å². The molecule has 0 amide bonds. The predicted molar refractivity (Wildman–Crippen MR) is 73.0 cm³/mol. The fourth-order valence-corrected chi connectivity index (χ4v) is 2.68. The lowest BCUT2D eigenvalue weighted by Crippen LogP contribution is -2.37. The van der Waals surface area contributed by atoms with E-state index in [-0.39, 0.29) is 0 Å². The molecule has 0 aliphatic carbocycles. The minimum atomic E-state index is 0.607. The first-order chi connectivity index (χ1) is 8.38. The van der Waals surface area contributed by atoms with Gasteiger partial charge in [-0.25, -0.2) is 0 Å². The largest absolute Gasteiger partial charge is 0.330 e. The molecule has 1 aliphatic rings. The Morgan fingerprint density at radius 1 is 1.06 bits per heavy atom. The van der Waals surface area contributed by atoms with Crippen molar-refractivity contribution in [3.8, 4) is 0 Å². The zero-order chi connectivity index (χ0) is 11.9. The van der Waals surface area contributed by atoms with Gasteiger partial charge in [-0.05, 0) is 50.4 Å². The molecule has 1 fully saturated rings. The molecular formula is C15H24N2. The maximum atomic E-state index is 5.91. The van der Waals surface area contributed by atoms with Crippen molar-refractivity contribution >= 4 is 0 Å². The molecule has 17 heavy (non-hydrogen) atoms. The molecular weight excluding hydrogens is 208 g/mol. The van der Waals surface area contributed by atoms with Crippen LogP contribution in [0.25, 0.3) is 0 Å². The van der Waals surface area contributed by atoms with Gasteiger partial charge in [0.2, 0.25) is 0 Å². The van der Waals surface area contributed by atoms with Gasteiger partial charge in [0, 0.05) is 6.54 Å². The highest BCUT2D eigenvalue weighted by molar-refractivity contribution is 5.15. The monoisotopic (exact) mass is 232 g/mol. The Hall–Kier alpha value is -0.860. The molecule has 0 spiro atoms. The lowest BCUT2D eigenvalue weighted by molar-refractivity contribution is 0.196. The zero-order valence-corrected chi connectivity index (χ0v) is 10.6. The topological polar surface area (TPSA) is 29.3 Å². The molecule has 2 heteroatoms. The molecule has 0 saturated carbocycles. The van der Waals surface area contributed by atoms with E-state index in [1.807, 2.05) is 0 Å². The van der Waals surface area contributed by atoms with E-state index in [4.69, 9.17) is 5.73 Å². The lowest BCUT2D eigenvalue weighted by Gasteiger charge is -2.30. The van der Waals surface area contributed by atoms with E-state index in [1.54, 1.807) is 0 Å². The van der Waals surface area contributed by atoms with Gasteiger partial charge in [0.25, 0.3) is 0 Å². The number of hydrogen-bond acceptors (Lipinski definition) is 2. The molecule has 1 saturated heterocycles. The zero-order valence-electron chi connectivity index (χ0n) is 10.6. The second-order valence-corrected chi connectivity index (χ2v) is 5.15. The Kier molecular flexibility index (Phi) is 5.02. The molecule has 2 N–H and O–H groups in total. The summed E-state index contributed by atoms with van der Waals surface area (Å²) in [4.78, 5) is 2.59. The van der Waals surface area contributed by atoms with Gasteiger partial charge < -0.3 is 10.6 Å². The van der Waals surface area contributed by atoms with Crippen molar-refractivity contribution in [2.75, 3.05) is 26.2 Å². The van der Waals surface area contributed by atoms with E-state index >= 15 is 0 Å². The first kappa shape index (κ1) is 12.6. The quantitative estimate of drug-likeness (QED) is 0.844. The lowest BCUT2D eigenvalue weighted by atomic mass is 9.98. The Balaban J connectivity index is 1.83. The molecule has 1 atom stereocenters. The van der Waals surface area contributed by atoms with Crippen LogP contribution >= 0.6 is 0 Å². The van der Waals surface area contributed by atoms with Gasteiger partial charge in [0.05, 0.1) is 0 Å². The number of piperidine rings is 1. The molecule has 2 nitrogen and oxygen atoms in total. The molecule has 2 rings (SSSR count). The van der Waals surface area contributed by atoms with Crippen LogP contribution in [0, 0.1) is 5.92 Å². The van der Waals surface area contributed by atoms with Crippen molar-refractivity contribution < 1.29 is 0 Å². The summed E-state index contributed by atoms with van der Waals surface area (Å²) < 4.78 is 0. The summed E-state index contributed by atoms with van der Waals surface area (Å²) >= 11 is 0. The Morgan fingerprint density at radius 2 is 1.76 bits per heavy atom. The van der Waals surface area contributed by atoms with Crippen molar-refractivity contribution in [1.29, 1.82) is 0 Å². The summed E-state index contributed by atoms with van der Waals surface area (Å²) in [6.45, 7) is 4.51. The molecule has 1 unspecified atom stereocenters. The van der Waals surface area contributed by atoms with Crippen LogP contribution in [0.3, 0.4) is 0 Å². The van der Waals surface area contributed by atoms with Gasteiger partial charge in [0.15, 0.2) is 0 Å². The molecule has 0 aromatic heterocycles. The fourth-order valence-electron chi connectivity index (χ4n) is 2.68. The van der Waals surface area contributed by atoms with Gasteiger partial charge in [-0.1, -0.05) is 36.8 Å². The highest BCUT2D eigenvalue weighted by atomic mass is 15.1. The number of hydrogen-bond donors (Lipinski definition) is 1. The van der Waals surface area contributed by atoms with Crippen LogP contribution in [0.5, 0.6) is 0 Å². The highest BCUT2D eigenvalue weighted by Crippen LogP contribution is 2.14. The normalized spacial score (nSPS) is 19.1. The molecule has 0 bridgehead atoms. The van der Waals surface area contributed by atoms with Crippen LogP contribution in [0.2, 0.25) is 0 Å². The van der Waals surface area contributed by atoms with E-state index in [0.29, 0.717) is 5.92 Å². The summed E-state index contributed by atoms with van der Waals surface area (Å²) in [5.41, 5.74) is 7.33. The number of rotatable bonds is 5. The standard InChI is InChI=1S/C15H24N2/c16-12-15(11-14-7-3-1-4-8-14)13-17-9-5-2-6-10-17/h1,3-4,7-8,15H,2,5-6,9-13,16H2. The van der Waals surface area contributed by atoms with Crippen molar-refractivity contribution in [3.63, 3.8) is 0 Å². The minimum absolute atomic E-state index is 0.607. The van der Waals surface area contributed by atoms with Crippen molar-refractivity contribution in [3.05, 3.63) is 35.9 Å². The maximum Gasteiger partial charge on any atom is 0.00249 e. The minimum Gasteiger partial charge on any atom is -0.330 e. The van der Waals surface area contributed by atoms with Crippen LogP contribution in [-0.4, -0.2) is 31.1 Å². The third-order valence-electron chi connectivity index (χ3n) is 3.67. The van der Waals surface area contributed by atoms with Gasteiger partial charge in [-0.2, -0.15) is 0 Å². The first-order valence-electron chi connectivity index (χ1n) is 6.85. The van der Waals surface area contributed by atoms with Gasteiger partial charge >= 0.3 is 0 Å². The average Bonchev–Trinajstić information content (AvgIpc) is 2.40. The van der Waals surface area contributed by atoms with Crippen molar-refractivity contribution in [1.82, 2.24) is 4.90 Å². The van der Waals surface area contributed by atoms with Crippen LogP contribution < -0.4 is 5.73 Å². The summed E-state index contributed by atoms with van der Waals surface area (Å²) in [7, 11) is 0.